The monoisotopic (exact) mass is 524 g/mol. The Kier molecular flexibility index (Phi) is 5.91. The summed E-state index contributed by atoms with van der Waals surface area (Å²) >= 11 is 3.07. The first kappa shape index (κ1) is 22.8. The van der Waals surface area contributed by atoms with Gasteiger partial charge in [-0.3, -0.25) is 19.6 Å². The zero-order valence-electron chi connectivity index (χ0n) is 17.1. The molecule has 0 spiro atoms. The zero-order valence-corrected chi connectivity index (χ0v) is 18.7. The van der Waals surface area contributed by atoms with Crippen LogP contribution in [-0.2, 0) is 19.8 Å². The Balaban J connectivity index is 1.76. The normalized spacial score (nSPS) is 13.7. The van der Waals surface area contributed by atoms with E-state index in [2.05, 4.69) is 31.0 Å². The Morgan fingerprint density at radius 1 is 1.30 bits per heavy atom. The van der Waals surface area contributed by atoms with Crippen LogP contribution in [0.1, 0.15) is 46.2 Å². The number of nitro groups is 1. The first-order valence-electron chi connectivity index (χ1n) is 9.72. The van der Waals surface area contributed by atoms with Gasteiger partial charge in [-0.2, -0.15) is 18.3 Å². The molecule has 2 heterocycles. The number of benzene rings is 1. The van der Waals surface area contributed by atoms with Gasteiger partial charge in [0.15, 0.2) is 5.69 Å². The molecule has 3 aromatic rings. The summed E-state index contributed by atoms with van der Waals surface area (Å²) in [5, 5.41) is 14.8. The van der Waals surface area contributed by atoms with Crippen molar-refractivity contribution in [2.45, 2.75) is 31.5 Å². The fraction of sp³-hybridized carbons (Fsp3) is 0.300. The van der Waals surface area contributed by atoms with E-state index < -0.39 is 28.4 Å². The summed E-state index contributed by atoms with van der Waals surface area (Å²) in [5.41, 5.74) is -1.76. The standard InChI is InChI=1S/C20H16BrF3N6O3/c1-28-10-16(17(27-28)20(22,23)24)29(9-11-2-5-14(21)15(6-11)30(32)33)19(31)13-7-25-18(26-8-13)12-3-4-12/h2,5-8,10,12H,3-4,9H2,1H3. The summed E-state index contributed by atoms with van der Waals surface area (Å²) in [5.74, 6) is 0.0316. The minimum absolute atomic E-state index is 0.0111. The summed E-state index contributed by atoms with van der Waals surface area (Å²) in [7, 11) is 1.30. The molecular weight excluding hydrogens is 509 g/mol. The quantitative estimate of drug-likeness (QED) is 0.343. The topological polar surface area (TPSA) is 107 Å². The van der Waals surface area contributed by atoms with Crippen molar-refractivity contribution in [3.63, 3.8) is 0 Å². The average molecular weight is 525 g/mol. The number of anilines is 1. The molecule has 1 amide bonds. The van der Waals surface area contributed by atoms with E-state index in [1.807, 2.05) is 0 Å². The van der Waals surface area contributed by atoms with E-state index >= 15 is 0 Å². The van der Waals surface area contributed by atoms with E-state index in [9.17, 15) is 28.1 Å². The highest BCUT2D eigenvalue weighted by molar-refractivity contribution is 9.10. The van der Waals surface area contributed by atoms with Crippen molar-refractivity contribution in [2.24, 2.45) is 7.05 Å². The molecule has 1 aliphatic carbocycles. The molecule has 0 N–H and O–H groups in total. The lowest BCUT2D eigenvalue weighted by atomic mass is 10.1. The van der Waals surface area contributed by atoms with Crippen molar-refractivity contribution in [3.05, 3.63) is 74.0 Å². The van der Waals surface area contributed by atoms with Crippen molar-refractivity contribution in [1.29, 1.82) is 0 Å². The second kappa shape index (κ2) is 8.54. The van der Waals surface area contributed by atoms with Gasteiger partial charge in [0.2, 0.25) is 0 Å². The summed E-state index contributed by atoms with van der Waals surface area (Å²) < 4.78 is 42.2. The van der Waals surface area contributed by atoms with Gasteiger partial charge in [-0.1, -0.05) is 6.07 Å². The maximum atomic E-state index is 13.7. The number of aromatic nitrogens is 4. The van der Waals surface area contributed by atoms with Crippen LogP contribution in [0.4, 0.5) is 24.5 Å². The number of hydrogen-bond acceptors (Lipinski definition) is 6. The molecule has 0 atom stereocenters. The van der Waals surface area contributed by atoms with Crippen molar-refractivity contribution in [3.8, 4) is 0 Å². The van der Waals surface area contributed by atoms with Crippen LogP contribution in [0.25, 0.3) is 0 Å². The van der Waals surface area contributed by atoms with E-state index in [0.29, 0.717) is 5.82 Å². The third-order valence-corrected chi connectivity index (χ3v) is 5.69. The molecule has 172 valence electrons. The second-order valence-corrected chi connectivity index (χ2v) is 8.43. The third kappa shape index (κ3) is 4.87. The molecule has 13 heteroatoms. The lowest BCUT2D eigenvalue weighted by Gasteiger charge is -2.23. The molecule has 0 unspecified atom stereocenters. The van der Waals surface area contributed by atoms with Crippen LogP contribution < -0.4 is 4.90 Å². The molecule has 0 bridgehead atoms. The van der Waals surface area contributed by atoms with Gasteiger partial charge < -0.3 is 4.90 Å². The number of hydrogen-bond donors (Lipinski definition) is 0. The Bertz CT molecular complexity index is 1220. The summed E-state index contributed by atoms with van der Waals surface area (Å²) in [6.45, 7) is -0.369. The Labute approximate surface area is 193 Å². The number of rotatable bonds is 6. The highest BCUT2D eigenvalue weighted by Gasteiger charge is 2.40. The molecule has 33 heavy (non-hydrogen) atoms. The first-order valence-corrected chi connectivity index (χ1v) is 10.5. The van der Waals surface area contributed by atoms with Gasteiger partial charge in [0.25, 0.3) is 11.6 Å². The number of nitro benzene ring substituents is 1. The maximum absolute atomic E-state index is 13.7. The molecule has 1 fully saturated rings. The fourth-order valence-electron chi connectivity index (χ4n) is 3.28. The molecule has 2 aromatic heterocycles. The zero-order chi connectivity index (χ0) is 23.9. The van der Waals surface area contributed by atoms with Crippen LogP contribution in [0.15, 0.2) is 41.3 Å². The molecule has 0 aliphatic heterocycles. The molecule has 0 saturated heterocycles. The van der Waals surface area contributed by atoms with Gasteiger partial charge in [-0.15, -0.1) is 0 Å². The fourth-order valence-corrected chi connectivity index (χ4v) is 3.67. The summed E-state index contributed by atoms with van der Waals surface area (Å²) in [6, 6.07) is 4.08. The van der Waals surface area contributed by atoms with Gasteiger partial charge in [0.1, 0.15) is 5.82 Å². The largest absolute Gasteiger partial charge is 0.437 e. The van der Waals surface area contributed by atoms with E-state index in [-0.39, 0.29) is 33.7 Å². The van der Waals surface area contributed by atoms with E-state index in [4.69, 9.17) is 0 Å². The van der Waals surface area contributed by atoms with Gasteiger partial charge in [-0.05, 0) is 40.4 Å². The Morgan fingerprint density at radius 3 is 2.55 bits per heavy atom. The molecule has 9 nitrogen and oxygen atoms in total. The lowest BCUT2D eigenvalue weighted by molar-refractivity contribution is -0.385. The number of aryl methyl sites for hydroxylation is 1. The highest BCUT2D eigenvalue weighted by atomic mass is 79.9. The number of amides is 1. The highest BCUT2D eigenvalue weighted by Crippen LogP contribution is 2.38. The van der Waals surface area contributed by atoms with E-state index in [1.165, 1.54) is 37.6 Å². The van der Waals surface area contributed by atoms with Crippen molar-refractivity contribution in [2.75, 3.05) is 4.90 Å². The molecule has 1 aliphatic rings. The van der Waals surface area contributed by atoms with Gasteiger partial charge in [-0.25, -0.2) is 9.97 Å². The minimum atomic E-state index is -4.83. The molecule has 4 rings (SSSR count). The van der Waals surface area contributed by atoms with Crippen LogP contribution in [0.5, 0.6) is 0 Å². The SMILES string of the molecule is Cn1cc(N(Cc2ccc(Br)c([N+](=O)[O-])c2)C(=O)c2cnc(C3CC3)nc2)c(C(F)(F)F)n1. The smallest absolute Gasteiger partial charge is 0.300 e. The van der Waals surface area contributed by atoms with Crippen LogP contribution in [0.3, 0.4) is 0 Å². The number of halogens is 4. The predicted molar refractivity (Wildman–Crippen MR) is 114 cm³/mol. The second-order valence-electron chi connectivity index (χ2n) is 7.57. The summed E-state index contributed by atoms with van der Waals surface area (Å²) in [6.07, 6.45) is 0.715. The predicted octanol–water partition coefficient (Wildman–Crippen LogP) is 4.62. The van der Waals surface area contributed by atoms with Gasteiger partial charge in [0.05, 0.1) is 27.2 Å². The van der Waals surface area contributed by atoms with E-state index in [1.54, 1.807) is 0 Å². The molecule has 1 aromatic carbocycles. The number of nitrogens with zero attached hydrogens (tertiary/aromatic N) is 6. The molecule has 0 radical (unpaired) electrons. The lowest BCUT2D eigenvalue weighted by Crippen LogP contribution is -2.32. The Morgan fingerprint density at radius 2 is 1.97 bits per heavy atom. The number of carbonyl (C=O) groups is 1. The van der Waals surface area contributed by atoms with Crippen molar-refractivity contribution < 1.29 is 22.9 Å². The van der Waals surface area contributed by atoms with Gasteiger partial charge >= 0.3 is 6.18 Å². The van der Waals surface area contributed by atoms with E-state index in [0.717, 1.165) is 28.6 Å². The average Bonchev–Trinajstić information content (AvgIpc) is 3.53. The van der Waals surface area contributed by atoms with Crippen molar-refractivity contribution in [1.82, 2.24) is 19.7 Å². The van der Waals surface area contributed by atoms with Crippen LogP contribution in [0, 0.1) is 10.1 Å². The third-order valence-electron chi connectivity index (χ3n) is 5.02. The first-order chi connectivity index (χ1) is 15.5. The number of carbonyl (C=O) groups excluding carboxylic acids is 1. The molecule has 1 saturated carbocycles. The number of alkyl halides is 3. The van der Waals surface area contributed by atoms with Crippen molar-refractivity contribution >= 4 is 33.2 Å². The maximum Gasteiger partial charge on any atom is 0.437 e. The van der Waals surface area contributed by atoms with Crippen LogP contribution in [0.2, 0.25) is 0 Å². The minimum Gasteiger partial charge on any atom is -0.300 e. The van der Waals surface area contributed by atoms with Gasteiger partial charge in [0, 0.05) is 37.6 Å². The summed E-state index contributed by atoms with van der Waals surface area (Å²) in [4.78, 5) is 33.2. The van der Waals surface area contributed by atoms with Crippen LogP contribution in [-0.4, -0.2) is 30.6 Å². The molecular formula is C20H16BrF3N6O3. The Hall–Kier alpha value is -3.35. The van der Waals surface area contributed by atoms with Crippen LogP contribution >= 0.6 is 15.9 Å².